The molecule has 3 heterocycles. The van der Waals surface area contributed by atoms with Crippen LogP contribution in [-0.2, 0) is 12.7 Å². The number of imidazole rings is 1. The quantitative estimate of drug-likeness (QED) is 0.927. The Morgan fingerprint density at radius 3 is 2.71 bits per heavy atom. The summed E-state index contributed by atoms with van der Waals surface area (Å²) < 4.78 is 40.9. The molecule has 2 aromatic rings. The second-order valence-electron chi connectivity index (χ2n) is 5.59. The molecule has 1 fully saturated rings. The third-order valence-electron chi connectivity index (χ3n) is 3.87. The molecule has 0 aromatic carbocycles. The van der Waals surface area contributed by atoms with Crippen LogP contribution in [0, 0.1) is 12.8 Å². The number of hydrogen-bond donors (Lipinski definition) is 1. The molecule has 4 nitrogen and oxygen atoms in total. The molecular weight excluding hydrogens is 281 g/mol. The van der Waals surface area contributed by atoms with Crippen molar-refractivity contribution in [1.29, 1.82) is 0 Å². The minimum Gasteiger partial charge on any atom is -0.317 e. The summed E-state index contributed by atoms with van der Waals surface area (Å²) in [5.74, 6) is -0.609. The second kappa shape index (κ2) is 5.29. The van der Waals surface area contributed by atoms with E-state index in [0.29, 0.717) is 17.7 Å². The average Bonchev–Trinajstić information content (AvgIpc) is 2.78. The first-order valence-corrected chi connectivity index (χ1v) is 7.06. The molecule has 114 valence electrons. The fraction of sp³-hybridized carbons (Fsp3) is 0.571. The molecule has 1 N–H and O–H groups in total. The van der Waals surface area contributed by atoms with E-state index in [1.54, 1.807) is 19.2 Å². The number of halogens is 3. The first-order valence-electron chi connectivity index (χ1n) is 7.06. The lowest BCUT2D eigenvalue weighted by Crippen LogP contribution is -2.30. The van der Waals surface area contributed by atoms with Crippen LogP contribution in [0.3, 0.4) is 0 Å². The van der Waals surface area contributed by atoms with E-state index in [1.165, 1.54) is 4.57 Å². The molecule has 2 aromatic heterocycles. The molecule has 1 aliphatic heterocycles. The van der Waals surface area contributed by atoms with Gasteiger partial charge in [-0.05, 0) is 50.4 Å². The highest BCUT2D eigenvalue weighted by Crippen LogP contribution is 2.32. The molecule has 7 heteroatoms. The minimum absolute atomic E-state index is 0.229. The Morgan fingerprint density at radius 2 is 2.05 bits per heavy atom. The van der Waals surface area contributed by atoms with Crippen molar-refractivity contribution in [2.45, 2.75) is 32.5 Å². The maximum Gasteiger partial charge on any atom is 0.449 e. The summed E-state index contributed by atoms with van der Waals surface area (Å²) in [6, 6.07) is 1.65. The van der Waals surface area contributed by atoms with Gasteiger partial charge in [0.2, 0.25) is 5.82 Å². The number of aryl methyl sites for hydroxylation is 1. The highest BCUT2D eigenvalue weighted by molar-refractivity contribution is 5.72. The van der Waals surface area contributed by atoms with Crippen LogP contribution in [0.5, 0.6) is 0 Å². The van der Waals surface area contributed by atoms with Gasteiger partial charge in [0.05, 0.1) is 0 Å². The summed E-state index contributed by atoms with van der Waals surface area (Å²) in [7, 11) is 0. The van der Waals surface area contributed by atoms with Crippen LogP contribution in [0.4, 0.5) is 13.2 Å². The van der Waals surface area contributed by atoms with Gasteiger partial charge in [0.15, 0.2) is 5.65 Å². The number of nitrogens with one attached hydrogen (secondary N) is 1. The summed E-state index contributed by atoms with van der Waals surface area (Å²) in [4.78, 5) is 7.94. The van der Waals surface area contributed by atoms with Gasteiger partial charge < -0.3 is 9.88 Å². The van der Waals surface area contributed by atoms with Gasteiger partial charge in [-0.15, -0.1) is 0 Å². The van der Waals surface area contributed by atoms with Gasteiger partial charge in [0, 0.05) is 12.7 Å². The number of nitrogens with zero attached hydrogens (tertiary/aromatic N) is 3. The minimum atomic E-state index is -4.46. The molecule has 3 rings (SSSR count). The van der Waals surface area contributed by atoms with Gasteiger partial charge in [-0.2, -0.15) is 13.2 Å². The molecule has 1 saturated heterocycles. The average molecular weight is 298 g/mol. The second-order valence-corrected chi connectivity index (χ2v) is 5.59. The predicted octanol–water partition coefficient (Wildman–Crippen LogP) is 2.76. The normalized spacial score (nSPS) is 17.5. The van der Waals surface area contributed by atoms with Crippen molar-refractivity contribution in [1.82, 2.24) is 19.9 Å². The Bertz CT molecular complexity index is 641. The van der Waals surface area contributed by atoms with Gasteiger partial charge >= 0.3 is 6.18 Å². The Morgan fingerprint density at radius 1 is 1.33 bits per heavy atom. The standard InChI is InChI=1S/C14H17F3N4/c1-9-6-11-12(19-7-9)21(13(20-11)14(15,16)17)8-10-2-4-18-5-3-10/h6-7,10,18H,2-5,8H2,1H3. The molecular formula is C14H17F3N4. The Kier molecular flexibility index (Phi) is 3.61. The van der Waals surface area contributed by atoms with Gasteiger partial charge in [-0.1, -0.05) is 0 Å². The topological polar surface area (TPSA) is 42.7 Å². The third kappa shape index (κ3) is 2.88. The van der Waals surface area contributed by atoms with Crippen LogP contribution in [0.15, 0.2) is 12.3 Å². The Hall–Kier alpha value is -1.63. The molecule has 0 amide bonds. The van der Waals surface area contributed by atoms with Gasteiger partial charge in [0.25, 0.3) is 0 Å². The largest absolute Gasteiger partial charge is 0.449 e. The van der Waals surface area contributed by atoms with Gasteiger partial charge in [-0.3, -0.25) is 0 Å². The fourth-order valence-electron chi connectivity index (χ4n) is 2.82. The van der Waals surface area contributed by atoms with Crippen molar-refractivity contribution in [2.24, 2.45) is 5.92 Å². The van der Waals surface area contributed by atoms with Crippen molar-refractivity contribution in [2.75, 3.05) is 13.1 Å². The van der Waals surface area contributed by atoms with Crippen LogP contribution in [-0.4, -0.2) is 27.6 Å². The number of fused-ring (bicyclic) bond motifs is 1. The zero-order valence-corrected chi connectivity index (χ0v) is 11.7. The van der Waals surface area contributed by atoms with Crippen molar-refractivity contribution in [3.63, 3.8) is 0 Å². The zero-order chi connectivity index (χ0) is 15.0. The number of pyridine rings is 1. The number of aromatic nitrogens is 3. The molecule has 0 aliphatic carbocycles. The van der Waals surface area contributed by atoms with Crippen LogP contribution in [0.1, 0.15) is 24.2 Å². The maximum absolute atomic E-state index is 13.2. The predicted molar refractivity (Wildman–Crippen MR) is 72.9 cm³/mol. The Balaban J connectivity index is 2.04. The molecule has 0 unspecified atom stereocenters. The first-order chi connectivity index (χ1) is 9.95. The van der Waals surface area contributed by atoms with E-state index in [1.807, 2.05) is 0 Å². The van der Waals surface area contributed by atoms with Crippen LogP contribution >= 0.6 is 0 Å². The van der Waals surface area contributed by atoms with Crippen molar-refractivity contribution < 1.29 is 13.2 Å². The van der Waals surface area contributed by atoms with Gasteiger partial charge in [0.1, 0.15) is 5.52 Å². The zero-order valence-electron chi connectivity index (χ0n) is 11.7. The highest BCUT2D eigenvalue weighted by atomic mass is 19.4. The molecule has 0 atom stereocenters. The number of alkyl halides is 3. The monoisotopic (exact) mass is 298 g/mol. The van der Waals surface area contributed by atoms with E-state index in [9.17, 15) is 13.2 Å². The SMILES string of the molecule is Cc1cnc2c(c1)nc(C(F)(F)F)n2CC1CCNCC1. The van der Waals surface area contributed by atoms with E-state index < -0.39 is 12.0 Å². The summed E-state index contributed by atoms with van der Waals surface area (Å²) in [6.45, 7) is 3.82. The highest BCUT2D eigenvalue weighted by Gasteiger charge is 2.38. The van der Waals surface area contributed by atoms with E-state index in [4.69, 9.17) is 0 Å². The van der Waals surface area contributed by atoms with Crippen LogP contribution < -0.4 is 5.32 Å². The van der Waals surface area contributed by atoms with E-state index >= 15 is 0 Å². The molecule has 0 bridgehead atoms. The van der Waals surface area contributed by atoms with E-state index in [0.717, 1.165) is 31.5 Å². The summed E-state index contributed by atoms with van der Waals surface area (Å²) in [5.41, 5.74) is 1.45. The summed E-state index contributed by atoms with van der Waals surface area (Å²) >= 11 is 0. The third-order valence-corrected chi connectivity index (χ3v) is 3.87. The maximum atomic E-state index is 13.2. The number of hydrogen-bond acceptors (Lipinski definition) is 3. The lowest BCUT2D eigenvalue weighted by atomic mass is 9.98. The Labute approximate surface area is 120 Å². The molecule has 1 aliphatic rings. The van der Waals surface area contributed by atoms with Crippen molar-refractivity contribution >= 4 is 11.2 Å². The van der Waals surface area contributed by atoms with Gasteiger partial charge in [-0.25, -0.2) is 9.97 Å². The smallest absolute Gasteiger partial charge is 0.317 e. The number of rotatable bonds is 2. The van der Waals surface area contributed by atoms with Crippen LogP contribution in [0.2, 0.25) is 0 Å². The lowest BCUT2D eigenvalue weighted by Gasteiger charge is -2.24. The van der Waals surface area contributed by atoms with Crippen LogP contribution in [0.25, 0.3) is 11.2 Å². The van der Waals surface area contributed by atoms with Crippen molar-refractivity contribution in [3.8, 4) is 0 Å². The summed E-state index contributed by atoms with van der Waals surface area (Å²) in [6.07, 6.45) is -1.11. The lowest BCUT2D eigenvalue weighted by molar-refractivity contribution is -0.147. The van der Waals surface area contributed by atoms with Crippen molar-refractivity contribution in [3.05, 3.63) is 23.7 Å². The summed E-state index contributed by atoms with van der Waals surface area (Å²) in [5, 5.41) is 3.22. The van der Waals surface area contributed by atoms with E-state index in [2.05, 4.69) is 15.3 Å². The molecule has 0 radical (unpaired) electrons. The molecule has 0 saturated carbocycles. The fourth-order valence-corrected chi connectivity index (χ4v) is 2.82. The molecule has 21 heavy (non-hydrogen) atoms. The molecule has 0 spiro atoms. The number of piperidine rings is 1. The first kappa shape index (κ1) is 14.3. The van der Waals surface area contributed by atoms with E-state index in [-0.39, 0.29) is 5.92 Å².